The number of carbonyl (C=O) groups is 2. The van der Waals surface area contributed by atoms with Crippen molar-refractivity contribution in [3.05, 3.63) is 62.5 Å². The van der Waals surface area contributed by atoms with Gasteiger partial charge in [0.05, 0.1) is 24.6 Å². The van der Waals surface area contributed by atoms with E-state index in [9.17, 15) is 18.0 Å². The van der Waals surface area contributed by atoms with Crippen LogP contribution in [0.5, 0.6) is 0 Å². The lowest BCUT2D eigenvalue weighted by Crippen LogP contribution is -2.47. The molecule has 2 aromatic rings. The number of carbonyl (C=O) groups excluding carboxylic acids is 2. The molecule has 0 bridgehead atoms. The highest BCUT2D eigenvalue weighted by atomic mass is 79.9. The Balaban J connectivity index is 1.76. The number of anilines is 1. The molecule has 0 spiro atoms. The van der Waals surface area contributed by atoms with Crippen LogP contribution in [-0.2, 0) is 25.5 Å². The highest BCUT2D eigenvalue weighted by Gasteiger charge is 2.63. The largest absolute Gasteiger partial charge is 0.332 e. The Bertz CT molecular complexity index is 1150. The highest BCUT2D eigenvalue weighted by molar-refractivity contribution is 9.10. The lowest BCUT2D eigenvalue weighted by molar-refractivity contribution is -0.124. The molecule has 2 aliphatic heterocycles. The van der Waals surface area contributed by atoms with Crippen LogP contribution in [0.4, 0.5) is 10.5 Å². The summed E-state index contributed by atoms with van der Waals surface area (Å²) in [6.45, 7) is -0.0288. The van der Waals surface area contributed by atoms with E-state index in [0.29, 0.717) is 0 Å². The van der Waals surface area contributed by atoms with Gasteiger partial charge in [-0.05, 0) is 35.9 Å². The van der Waals surface area contributed by atoms with Crippen LogP contribution in [0.15, 0.2) is 46.9 Å². The van der Waals surface area contributed by atoms with Gasteiger partial charge in [0.25, 0.3) is 16.0 Å². The van der Waals surface area contributed by atoms with Gasteiger partial charge in [0.1, 0.15) is 5.54 Å². The van der Waals surface area contributed by atoms with Crippen molar-refractivity contribution in [2.24, 2.45) is 0 Å². The predicted molar refractivity (Wildman–Crippen MR) is 121 cm³/mol. The third-order valence-corrected chi connectivity index (χ3v) is 6.90. The Morgan fingerprint density at radius 2 is 1.74 bits per heavy atom. The number of amides is 3. The van der Waals surface area contributed by atoms with Gasteiger partial charge in [0.2, 0.25) is 0 Å². The molecule has 0 N–H and O–H groups in total. The van der Waals surface area contributed by atoms with Gasteiger partial charge in [-0.3, -0.25) is 8.98 Å². The molecular formula is C20H17BrCl2N2O5S. The Morgan fingerprint density at radius 1 is 1.13 bits per heavy atom. The number of rotatable bonds is 5. The second-order valence-corrected chi connectivity index (χ2v) is 11.0. The maximum absolute atomic E-state index is 13.7. The number of imide groups is 1. The lowest BCUT2D eigenvalue weighted by atomic mass is 9.87. The van der Waals surface area contributed by atoms with Crippen LogP contribution >= 0.6 is 39.1 Å². The SMILES string of the molecule is CS(=O)(=O)O[C@H]1CN2C(=O)N(c3cc(Cl)cc(Cl)c3)C(=O)[C@]2(Cc2ccc(Br)cc2)C1. The van der Waals surface area contributed by atoms with Gasteiger partial charge in [-0.15, -0.1) is 0 Å². The topological polar surface area (TPSA) is 84.0 Å². The molecule has 11 heteroatoms. The molecule has 3 amide bonds. The molecule has 0 unspecified atom stereocenters. The summed E-state index contributed by atoms with van der Waals surface area (Å²) in [6, 6.07) is 11.3. The number of urea groups is 1. The van der Waals surface area contributed by atoms with Crippen molar-refractivity contribution in [1.82, 2.24) is 4.90 Å². The first kappa shape index (κ1) is 22.5. The van der Waals surface area contributed by atoms with Crippen LogP contribution in [0, 0.1) is 0 Å². The number of hydrogen-bond acceptors (Lipinski definition) is 5. The van der Waals surface area contributed by atoms with E-state index < -0.39 is 33.7 Å². The van der Waals surface area contributed by atoms with Crippen molar-refractivity contribution in [2.45, 2.75) is 24.5 Å². The van der Waals surface area contributed by atoms with E-state index in [1.807, 2.05) is 24.3 Å². The van der Waals surface area contributed by atoms with Crippen LogP contribution < -0.4 is 4.90 Å². The minimum absolute atomic E-state index is 0.0288. The summed E-state index contributed by atoms with van der Waals surface area (Å²) in [7, 11) is -3.76. The average molecular weight is 548 g/mol. The Hall–Kier alpha value is -1.65. The first-order valence-electron chi connectivity index (χ1n) is 9.23. The van der Waals surface area contributed by atoms with Crippen molar-refractivity contribution in [3.8, 4) is 0 Å². The summed E-state index contributed by atoms with van der Waals surface area (Å²) in [5.41, 5.74) is -0.201. The lowest BCUT2D eigenvalue weighted by Gasteiger charge is -2.28. The third kappa shape index (κ3) is 4.34. The molecule has 2 fully saturated rings. The van der Waals surface area contributed by atoms with Crippen LogP contribution in [0.1, 0.15) is 12.0 Å². The van der Waals surface area contributed by atoms with Gasteiger partial charge < -0.3 is 4.90 Å². The molecule has 31 heavy (non-hydrogen) atoms. The molecule has 2 aliphatic rings. The summed E-state index contributed by atoms with van der Waals surface area (Å²) in [6.07, 6.45) is 0.385. The van der Waals surface area contributed by atoms with Gasteiger partial charge >= 0.3 is 6.03 Å². The Morgan fingerprint density at radius 3 is 2.32 bits per heavy atom. The van der Waals surface area contributed by atoms with Gasteiger partial charge in [0, 0.05) is 27.4 Å². The van der Waals surface area contributed by atoms with E-state index in [1.54, 1.807) is 0 Å². The molecule has 2 aromatic carbocycles. The van der Waals surface area contributed by atoms with Crippen molar-refractivity contribution in [1.29, 1.82) is 0 Å². The summed E-state index contributed by atoms with van der Waals surface area (Å²) in [5.74, 6) is -0.474. The number of halogens is 3. The first-order chi connectivity index (χ1) is 14.5. The third-order valence-electron chi connectivity index (χ3n) is 5.32. The fraction of sp³-hybridized carbons (Fsp3) is 0.300. The maximum atomic E-state index is 13.7. The summed E-state index contributed by atoms with van der Waals surface area (Å²) in [4.78, 5) is 29.4. The van der Waals surface area contributed by atoms with Crippen molar-refractivity contribution in [3.63, 3.8) is 0 Å². The second-order valence-electron chi connectivity index (χ2n) is 7.62. The van der Waals surface area contributed by atoms with E-state index in [-0.39, 0.29) is 35.1 Å². The van der Waals surface area contributed by atoms with E-state index in [0.717, 1.165) is 21.2 Å². The molecule has 2 atom stereocenters. The quantitative estimate of drug-likeness (QED) is 0.412. The number of nitrogens with zero attached hydrogens (tertiary/aromatic N) is 2. The van der Waals surface area contributed by atoms with Crippen molar-refractivity contribution in [2.75, 3.05) is 17.7 Å². The summed E-state index contributed by atoms with van der Waals surface area (Å²) in [5, 5.41) is 0.575. The Labute approximate surface area is 198 Å². The minimum Gasteiger partial charge on any atom is -0.306 e. The van der Waals surface area contributed by atoms with E-state index in [1.165, 1.54) is 23.1 Å². The molecule has 0 saturated carbocycles. The molecule has 7 nitrogen and oxygen atoms in total. The molecule has 0 radical (unpaired) electrons. The summed E-state index contributed by atoms with van der Waals surface area (Å²) >= 11 is 15.5. The molecule has 2 heterocycles. The maximum Gasteiger partial charge on any atom is 0.332 e. The van der Waals surface area contributed by atoms with E-state index >= 15 is 0 Å². The molecule has 164 valence electrons. The highest BCUT2D eigenvalue weighted by Crippen LogP contribution is 2.44. The van der Waals surface area contributed by atoms with Crippen LogP contribution in [-0.4, -0.2) is 49.7 Å². The number of fused-ring (bicyclic) bond motifs is 1. The zero-order valence-electron chi connectivity index (χ0n) is 16.2. The van der Waals surface area contributed by atoms with Gasteiger partial charge in [-0.25, -0.2) is 9.69 Å². The molecule has 4 rings (SSSR count). The van der Waals surface area contributed by atoms with Gasteiger partial charge in [-0.1, -0.05) is 51.3 Å². The smallest absolute Gasteiger partial charge is 0.306 e. The van der Waals surface area contributed by atoms with Crippen LogP contribution in [0.3, 0.4) is 0 Å². The van der Waals surface area contributed by atoms with Crippen LogP contribution in [0.2, 0.25) is 10.0 Å². The summed E-state index contributed by atoms with van der Waals surface area (Å²) < 4.78 is 29.4. The van der Waals surface area contributed by atoms with Crippen LogP contribution in [0.25, 0.3) is 0 Å². The Kier molecular flexibility index (Phi) is 5.85. The predicted octanol–water partition coefficient (Wildman–Crippen LogP) is 4.25. The molecule has 0 aromatic heterocycles. The van der Waals surface area contributed by atoms with Crippen molar-refractivity contribution < 1.29 is 22.2 Å². The zero-order chi connectivity index (χ0) is 22.6. The average Bonchev–Trinajstić information content (AvgIpc) is 3.08. The number of benzene rings is 2. The second kappa shape index (κ2) is 8.04. The monoisotopic (exact) mass is 546 g/mol. The molecule has 2 saturated heterocycles. The zero-order valence-corrected chi connectivity index (χ0v) is 20.1. The number of hydrogen-bond donors (Lipinski definition) is 0. The first-order valence-corrected chi connectivity index (χ1v) is 12.6. The van der Waals surface area contributed by atoms with Gasteiger partial charge in [-0.2, -0.15) is 8.42 Å². The van der Waals surface area contributed by atoms with Gasteiger partial charge in [0.15, 0.2) is 0 Å². The standard InChI is InChI=1S/C20H17BrCl2N2O5S/c1-31(28,29)30-17-10-20(9-12-2-4-13(21)5-3-12)18(26)25(19(27)24(20)11-17)16-7-14(22)6-15(23)8-16/h2-8,17H,9-11H2,1H3/t17-,20+/m1/s1. The van der Waals surface area contributed by atoms with E-state index in [2.05, 4.69) is 15.9 Å². The fourth-order valence-electron chi connectivity index (χ4n) is 4.20. The molecular weight excluding hydrogens is 531 g/mol. The minimum atomic E-state index is -3.76. The fourth-order valence-corrected chi connectivity index (χ4v) is 5.60. The van der Waals surface area contributed by atoms with Crippen molar-refractivity contribution >= 4 is 66.9 Å². The van der Waals surface area contributed by atoms with E-state index in [4.69, 9.17) is 27.4 Å². The normalized spacial score (nSPS) is 23.5. The molecule has 0 aliphatic carbocycles.